The van der Waals surface area contributed by atoms with Gasteiger partial charge in [0, 0.05) is 26.1 Å². The van der Waals surface area contributed by atoms with Gasteiger partial charge in [0.05, 0.1) is 0 Å². The van der Waals surface area contributed by atoms with Crippen molar-refractivity contribution in [3.05, 3.63) is 0 Å². The average Bonchev–Trinajstić information content (AvgIpc) is 2.39. The van der Waals surface area contributed by atoms with E-state index in [0.717, 1.165) is 12.8 Å². The molecule has 0 saturated heterocycles. The fourth-order valence-electron chi connectivity index (χ4n) is 1.64. The van der Waals surface area contributed by atoms with Crippen LogP contribution in [0.5, 0.6) is 0 Å². The molecule has 0 heterocycles. The van der Waals surface area contributed by atoms with Gasteiger partial charge >= 0.3 is 5.97 Å². The summed E-state index contributed by atoms with van der Waals surface area (Å²) in [5.74, 6) is -1.56. The Morgan fingerprint density at radius 1 is 1.35 bits per heavy atom. The first kappa shape index (κ1) is 18.8. The quantitative estimate of drug-likeness (QED) is 0.222. The summed E-state index contributed by atoms with van der Waals surface area (Å²) in [4.78, 5) is 22.1. The lowest BCUT2D eigenvalue weighted by Gasteiger charge is -2.29. The standard InChI is InChI=1S/C12H26N4O4/c1-2-3-7-14-15-16(8-4-9-17)10(12(19)20)5-6-11(13)18/h10,14-15,17H,2-9H2,1H3,(H2,13,18)(H,19,20)/t10-/m0/s1. The lowest BCUT2D eigenvalue weighted by Crippen LogP contribution is -2.55. The average molecular weight is 290 g/mol. The number of hydrogen-bond acceptors (Lipinski definition) is 6. The molecule has 0 aliphatic carbocycles. The maximum absolute atomic E-state index is 11.3. The Balaban J connectivity index is 4.47. The fraction of sp³-hybridized carbons (Fsp3) is 0.833. The Bertz CT molecular complexity index is 289. The summed E-state index contributed by atoms with van der Waals surface area (Å²) in [6.07, 6.45) is 2.54. The number of aliphatic carboxylic acids is 1. The van der Waals surface area contributed by atoms with Crippen LogP contribution in [0, 0.1) is 0 Å². The maximum atomic E-state index is 11.3. The van der Waals surface area contributed by atoms with E-state index in [1.807, 2.05) is 0 Å². The molecule has 0 saturated carbocycles. The molecule has 0 spiro atoms. The molecule has 8 heteroatoms. The fourth-order valence-corrected chi connectivity index (χ4v) is 1.64. The number of nitrogens with two attached hydrogens (primary N) is 1. The number of primary amides is 1. The van der Waals surface area contributed by atoms with Gasteiger partial charge in [-0.2, -0.15) is 5.53 Å². The highest BCUT2D eigenvalue weighted by atomic mass is 16.4. The Morgan fingerprint density at radius 2 is 2.05 bits per heavy atom. The number of nitrogens with zero attached hydrogens (tertiary/aromatic N) is 1. The third-order valence-electron chi connectivity index (χ3n) is 2.76. The summed E-state index contributed by atoms with van der Waals surface area (Å²) in [5, 5.41) is 19.6. The number of rotatable bonds is 13. The maximum Gasteiger partial charge on any atom is 0.322 e. The van der Waals surface area contributed by atoms with Crippen LogP contribution in [-0.4, -0.2) is 52.8 Å². The van der Waals surface area contributed by atoms with Crippen LogP contribution in [-0.2, 0) is 9.59 Å². The number of unbranched alkanes of at least 4 members (excludes halogenated alkanes) is 1. The second kappa shape index (κ2) is 11.6. The van der Waals surface area contributed by atoms with Crippen LogP contribution in [0.3, 0.4) is 0 Å². The van der Waals surface area contributed by atoms with Crippen molar-refractivity contribution in [3.63, 3.8) is 0 Å². The highest BCUT2D eigenvalue weighted by Crippen LogP contribution is 2.06. The molecule has 0 aromatic carbocycles. The molecular formula is C12H26N4O4. The number of carbonyl (C=O) groups is 2. The van der Waals surface area contributed by atoms with Crippen LogP contribution in [0.25, 0.3) is 0 Å². The summed E-state index contributed by atoms with van der Waals surface area (Å²) in [6.45, 7) is 3.08. The van der Waals surface area contributed by atoms with E-state index < -0.39 is 17.9 Å². The van der Waals surface area contributed by atoms with Crippen molar-refractivity contribution in [2.75, 3.05) is 19.7 Å². The van der Waals surface area contributed by atoms with E-state index in [1.54, 1.807) is 0 Å². The van der Waals surface area contributed by atoms with Gasteiger partial charge in [0.2, 0.25) is 5.91 Å². The first-order valence-corrected chi connectivity index (χ1v) is 6.90. The van der Waals surface area contributed by atoms with E-state index in [9.17, 15) is 14.7 Å². The Labute approximate surface area is 119 Å². The van der Waals surface area contributed by atoms with Gasteiger partial charge in [-0.15, -0.1) is 0 Å². The van der Waals surface area contributed by atoms with Crippen LogP contribution in [0.4, 0.5) is 0 Å². The van der Waals surface area contributed by atoms with Gasteiger partial charge in [-0.3, -0.25) is 9.59 Å². The summed E-state index contributed by atoms with van der Waals surface area (Å²) in [6, 6.07) is -0.872. The third kappa shape index (κ3) is 8.81. The van der Waals surface area contributed by atoms with Crippen LogP contribution in [0.2, 0.25) is 0 Å². The summed E-state index contributed by atoms with van der Waals surface area (Å²) >= 11 is 0. The van der Waals surface area contributed by atoms with E-state index in [2.05, 4.69) is 17.9 Å². The second-order valence-electron chi connectivity index (χ2n) is 4.52. The molecule has 1 atom stereocenters. The number of amides is 1. The predicted molar refractivity (Wildman–Crippen MR) is 74.3 cm³/mol. The van der Waals surface area contributed by atoms with E-state index in [4.69, 9.17) is 10.8 Å². The minimum absolute atomic E-state index is 0.00321. The zero-order valence-electron chi connectivity index (χ0n) is 12.0. The number of hydrazine groups is 2. The molecule has 0 aliphatic heterocycles. The number of carboxylic acids is 1. The molecule has 6 N–H and O–H groups in total. The van der Waals surface area contributed by atoms with Gasteiger partial charge in [0.1, 0.15) is 6.04 Å². The molecular weight excluding hydrogens is 264 g/mol. The van der Waals surface area contributed by atoms with Gasteiger partial charge in [-0.25, -0.2) is 10.4 Å². The van der Waals surface area contributed by atoms with Crippen LogP contribution in [0.15, 0.2) is 0 Å². The first-order valence-electron chi connectivity index (χ1n) is 6.90. The zero-order valence-corrected chi connectivity index (χ0v) is 12.0. The molecule has 0 bridgehead atoms. The van der Waals surface area contributed by atoms with E-state index in [-0.39, 0.29) is 19.4 Å². The Morgan fingerprint density at radius 3 is 2.55 bits per heavy atom. The normalized spacial score (nSPS) is 12.6. The number of aliphatic hydroxyl groups excluding tert-OH is 1. The molecule has 0 fully saturated rings. The second-order valence-corrected chi connectivity index (χ2v) is 4.52. The molecule has 0 radical (unpaired) electrons. The van der Waals surface area contributed by atoms with Gasteiger partial charge in [-0.1, -0.05) is 13.3 Å². The smallest absolute Gasteiger partial charge is 0.322 e. The molecule has 118 valence electrons. The SMILES string of the molecule is CCCCNNN(CCCO)[C@@H](CCC(N)=O)C(=O)O. The number of nitrogens with one attached hydrogen (secondary N) is 2. The largest absolute Gasteiger partial charge is 0.480 e. The van der Waals surface area contributed by atoms with Crippen molar-refractivity contribution < 1.29 is 19.8 Å². The first-order chi connectivity index (χ1) is 9.52. The lowest BCUT2D eigenvalue weighted by molar-refractivity contribution is -0.146. The number of hydrogen-bond donors (Lipinski definition) is 5. The van der Waals surface area contributed by atoms with Crippen molar-refractivity contribution in [2.45, 2.75) is 45.1 Å². The molecule has 0 aromatic heterocycles. The minimum Gasteiger partial charge on any atom is -0.480 e. The monoisotopic (exact) mass is 290 g/mol. The number of aliphatic hydroxyl groups is 1. The predicted octanol–water partition coefficient (Wildman–Crippen LogP) is -0.801. The summed E-state index contributed by atoms with van der Waals surface area (Å²) in [5.41, 5.74) is 10.8. The summed E-state index contributed by atoms with van der Waals surface area (Å²) in [7, 11) is 0. The highest BCUT2D eigenvalue weighted by Gasteiger charge is 2.25. The molecule has 0 aliphatic rings. The number of carboxylic acid groups (broad SMARTS) is 1. The zero-order chi connectivity index (χ0) is 15.4. The molecule has 8 nitrogen and oxygen atoms in total. The van der Waals surface area contributed by atoms with Crippen molar-refractivity contribution in [1.82, 2.24) is 16.0 Å². The van der Waals surface area contributed by atoms with Crippen molar-refractivity contribution in [1.29, 1.82) is 0 Å². The van der Waals surface area contributed by atoms with E-state index in [1.165, 1.54) is 5.01 Å². The Kier molecular flexibility index (Phi) is 10.9. The van der Waals surface area contributed by atoms with Crippen molar-refractivity contribution in [3.8, 4) is 0 Å². The van der Waals surface area contributed by atoms with Gasteiger partial charge < -0.3 is 15.9 Å². The third-order valence-corrected chi connectivity index (χ3v) is 2.76. The van der Waals surface area contributed by atoms with Crippen molar-refractivity contribution >= 4 is 11.9 Å². The van der Waals surface area contributed by atoms with E-state index >= 15 is 0 Å². The minimum atomic E-state index is -1.03. The topological polar surface area (TPSA) is 128 Å². The lowest BCUT2D eigenvalue weighted by atomic mass is 10.1. The van der Waals surface area contributed by atoms with Gasteiger partial charge in [0.25, 0.3) is 0 Å². The highest BCUT2D eigenvalue weighted by molar-refractivity contribution is 5.77. The van der Waals surface area contributed by atoms with Crippen LogP contribution in [0.1, 0.15) is 39.0 Å². The van der Waals surface area contributed by atoms with Gasteiger partial charge in [0.15, 0.2) is 0 Å². The van der Waals surface area contributed by atoms with E-state index in [0.29, 0.717) is 19.5 Å². The van der Waals surface area contributed by atoms with Crippen molar-refractivity contribution in [2.24, 2.45) is 5.73 Å². The summed E-state index contributed by atoms with van der Waals surface area (Å²) < 4.78 is 0. The number of carbonyl (C=O) groups excluding carboxylic acids is 1. The molecule has 0 unspecified atom stereocenters. The molecule has 0 rings (SSSR count). The molecule has 1 amide bonds. The van der Waals surface area contributed by atoms with Crippen LogP contribution >= 0.6 is 0 Å². The molecule has 20 heavy (non-hydrogen) atoms. The Hall–Kier alpha value is -1.22. The van der Waals surface area contributed by atoms with Crippen LogP contribution < -0.4 is 16.7 Å². The molecule has 0 aromatic rings. The van der Waals surface area contributed by atoms with Gasteiger partial charge in [-0.05, 0) is 19.3 Å².